The van der Waals surface area contributed by atoms with Crippen LogP contribution in [0.15, 0.2) is 17.1 Å². The molecule has 1 amide bonds. The number of hydrogen-bond donors (Lipinski definition) is 1. The number of nitrogens with zero attached hydrogens (tertiary/aromatic N) is 2. The maximum atomic E-state index is 12.9. The zero-order chi connectivity index (χ0) is 21.7. The van der Waals surface area contributed by atoms with Crippen LogP contribution in [-0.4, -0.2) is 40.4 Å². The van der Waals surface area contributed by atoms with Gasteiger partial charge in [0.1, 0.15) is 0 Å². The molecule has 0 bridgehead atoms. The van der Waals surface area contributed by atoms with Crippen molar-refractivity contribution in [1.82, 2.24) is 4.90 Å². The van der Waals surface area contributed by atoms with Gasteiger partial charge in [-0.1, -0.05) is 37.9 Å². The highest BCUT2D eigenvalue weighted by molar-refractivity contribution is 8.14. The second-order valence-electron chi connectivity index (χ2n) is 7.46. The Morgan fingerprint density at radius 3 is 2.50 bits per heavy atom. The van der Waals surface area contributed by atoms with Gasteiger partial charge in [-0.2, -0.15) is 0 Å². The Hall–Kier alpha value is -2.30. The van der Waals surface area contributed by atoms with E-state index in [2.05, 4.69) is 20.1 Å². The molecular weight excluding hydrogens is 423 g/mol. The summed E-state index contributed by atoms with van der Waals surface area (Å²) in [6.07, 6.45) is 5.89. The molecule has 11 heteroatoms. The van der Waals surface area contributed by atoms with E-state index in [9.17, 15) is 18.4 Å². The van der Waals surface area contributed by atoms with Crippen LogP contribution in [-0.2, 0) is 4.79 Å². The minimum absolute atomic E-state index is 0.0905. The first kappa shape index (κ1) is 22.4. The third-order valence-corrected chi connectivity index (χ3v) is 6.77. The summed E-state index contributed by atoms with van der Waals surface area (Å²) in [5, 5.41) is 3.48. The van der Waals surface area contributed by atoms with Crippen LogP contribution in [0.4, 0.5) is 19.3 Å². The van der Waals surface area contributed by atoms with E-state index in [0.29, 0.717) is 6.04 Å². The van der Waals surface area contributed by atoms with Gasteiger partial charge in [0.05, 0.1) is 17.8 Å². The maximum Gasteiger partial charge on any atom is 0.266 e. The molecule has 1 aromatic rings. The van der Waals surface area contributed by atoms with E-state index in [1.54, 1.807) is 11.8 Å². The monoisotopic (exact) mass is 447 g/mol. The van der Waals surface area contributed by atoms with Gasteiger partial charge in [-0.15, -0.1) is 0 Å². The normalized spacial score (nSPS) is 23.5. The number of carbonyl (C=O) groups is 1. The van der Waals surface area contributed by atoms with E-state index in [1.807, 2.05) is 18.9 Å². The van der Waals surface area contributed by atoms with E-state index >= 15 is 0 Å². The second kappa shape index (κ2) is 10.1. The Balaban J connectivity index is 1.68. The highest BCUT2D eigenvalue weighted by atomic mass is 32.2. The number of rotatable bonds is 7. The first-order valence-electron chi connectivity index (χ1n) is 9.78. The van der Waals surface area contributed by atoms with Gasteiger partial charge in [0.25, 0.3) is 5.75 Å². The third-order valence-electron chi connectivity index (χ3n) is 5.48. The van der Waals surface area contributed by atoms with Crippen LogP contribution in [0.5, 0.6) is 17.2 Å². The fourth-order valence-electron chi connectivity index (χ4n) is 3.82. The summed E-state index contributed by atoms with van der Waals surface area (Å²) in [7, 11) is 1.90. The van der Waals surface area contributed by atoms with Gasteiger partial charge in [-0.05, 0) is 25.0 Å². The molecule has 0 radical (unpaired) electrons. The van der Waals surface area contributed by atoms with E-state index < -0.39 is 23.2 Å². The van der Waals surface area contributed by atoms with Gasteiger partial charge >= 0.3 is 0 Å². The van der Waals surface area contributed by atoms with Crippen LogP contribution in [0.2, 0.25) is 0 Å². The summed E-state index contributed by atoms with van der Waals surface area (Å²) in [6.45, 7) is 2.01. The predicted octanol–water partition coefficient (Wildman–Crippen LogP) is 4.93. The molecule has 1 saturated heterocycles. The summed E-state index contributed by atoms with van der Waals surface area (Å²) in [5.41, 5.74) is -0.215. The smallest absolute Gasteiger partial charge is 0.266 e. The van der Waals surface area contributed by atoms with Gasteiger partial charge in [-0.3, -0.25) is 24.6 Å². The molecule has 2 aliphatic rings. The van der Waals surface area contributed by atoms with Gasteiger partial charge in [0.15, 0.2) is 5.17 Å². The molecule has 166 valence electrons. The van der Waals surface area contributed by atoms with E-state index in [-0.39, 0.29) is 23.4 Å². The van der Waals surface area contributed by atoms with Gasteiger partial charge in [-0.25, -0.2) is 0 Å². The summed E-state index contributed by atoms with van der Waals surface area (Å²) in [4.78, 5) is 29.8. The van der Waals surface area contributed by atoms with Crippen molar-refractivity contribution >= 4 is 28.5 Å². The lowest BCUT2D eigenvalue weighted by Crippen LogP contribution is -2.36. The molecule has 1 heterocycles. The average Bonchev–Trinajstić information content (AvgIpc) is 3.01. The summed E-state index contributed by atoms with van der Waals surface area (Å²) >= 11 is 1.63. The zero-order valence-corrected chi connectivity index (χ0v) is 17.5. The molecule has 7 nitrogen and oxygen atoms in total. The topological polar surface area (TPSA) is 72.4 Å². The highest BCUT2D eigenvalue weighted by Crippen LogP contribution is 2.44. The molecule has 1 aromatic carbocycles. The summed E-state index contributed by atoms with van der Waals surface area (Å²) < 4.78 is 38.0. The molecule has 2 atom stereocenters. The Morgan fingerprint density at radius 1 is 1.17 bits per heavy atom. The first-order chi connectivity index (χ1) is 14.5. The number of halogens is 3. The first-order valence-corrected chi connectivity index (χ1v) is 10.7. The molecule has 1 N–H and O–H groups in total. The number of anilines is 1. The van der Waals surface area contributed by atoms with Crippen LogP contribution >= 0.6 is 11.8 Å². The van der Waals surface area contributed by atoms with Crippen LogP contribution in [0, 0.1) is 0 Å². The van der Waals surface area contributed by atoms with E-state index in [0.717, 1.165) is 30.1 Å². The van der Waals surface area contributed by atoms with E-state index in [1.165, 1.54) is 19.3 Å². The molecule has 0 aromatic heterocycles. The number of amidine groups is 1. The van der Waals surface area contributed by atoms with Crippen LogP contribution in [0.1, 0.15) is 45.4 Å². The zero-order valence-electron chi connectivity index (χ0n) is 16.7. The molecule has 0 spiro atoms. The molecule has 3 rings (SSSR count). The van der Waals surface area contributed by atoms with Gasteiger partial charge < -0.3 is 10.2 Å². The van der Waals surface area contributed by atoms with Crippen molar-refractivity contribution in [1.29, 1.82) is 0 Å². The predicted molar refractivity (Wildman–Crippen MR) is 108 cm³/mol. The fraction of sp³-hybridized carbons (Fsp3) is 0.579. The standard InChI is InChI=1S/C19H24F3N3O4S/c1-11-14(25(2)19(30-11)23-12-6-4-3-5-7-12)10-16(26)24-13-8-9-15(27-20)18(29-22)17(13)28-21/h8-9,11-12,14H,3-7,10H2,1-2H3,(H,24,26). The highest BCUT2D eigenvalue weighted by Gasteiger charge is 2.36. The van der Waals surface area contributed by atoms with Crippen LogP contribution in [0.25, 0.3) is 0 Å². The van der Waals surface area contributed by atoms with Gasteiger partial charge in [0, 0.05) is 32.3 Å². The molecule has 1 saturated carbocycles. The lowest BCUT2D eigenvalue weighted by molar-refractivity contribution is -0.117. The van der Waals surface area contributed by atoms with Crippen molar-refractivity contribution in [2.24, 2.45) is 4.99 Å². The SMILES string of the molecule is CC1SC(=NC2CCCCC2)N(C)C1CC(=O)Nc1ccc(OF)c(OF)c1OF. The largest absolute Gasteiger partial charge is 0.350 e. The summed E-state index contributed by atoms with van der Waals surface area (Å²) in [5.74, 6) is -2.97. The van der Waals surface area contributed by atoms with Crippen LogP contribution < -0.4 is 20.1 Å². The maximum absolute atomic E-state index is 12.9. The quantitative estimate of drug-likeness (QED) is 0.639. The molecule has 30 heavy (non-hydrogen) atoms. The molecule has 2 fully saturated rings. The fourth-order valence-corrected chi connectivity index (χ4v) is 5.10. The number of thioether (sulfide) groups is 1. The van der Waals surface area contributed by atoms with Crippen molar-refractivity contribution in [2.45, 2.75) is 62.8 Å². The van der Waals surface area contributed by atoms with Crippen molar-refractivity contribution in [3.8, 4) is 17.2 Å². The van der Waals surface area contributed by atoms with Crippen LogP contribution in [0.3, 0.4) is 0 Å². The van der Waals surface area contributed by atoms with Crippen molar-refractivity contribution < 1.29 is 33.2 Å². The van der Waals surface area contributed by atoms with Crippen molar-refractivity contribution in [3.05, 3.63) is 12.1 Å². The Kier molecular flexibility index (Phi) is 7.57. The molecule has 1 aliphatic heterocycles. The lowest BCUT2D eigenvalue weighted by Gasteiger charge is -2.24. The summed E-state index contributed by atoms with van der Waals surface area (Å²) in [6, 6.07) is 2.29. The van der Waals surface area contributed by atoms with Crippen molar-refractivity contribution in [2.75, 3.05) is 12.4 Å². The third kappa shape index (κ3) is 4.88. The Labute approximate surface area is 176 Å². The number of amides is 1. The Bertz CT molecular complexity index is 793. The van der Waals surface area contributed by atoms with Gasteiger partial charge in [0.2, 0.25) is 17.4 Å². The number of benzene rings is 1. The number of carbonyl (C=O) groups excluding carboxylic acids is 1. The molecule has 2 unspecified atom stereocenters. The van der Waals surface area contributed by atoms with E-state index in [4.69, 9.17) is 4.99 Å². The lowest BCUT2D eigenvalue weighted by atomic mass is 9.96. The Morgan fingerprint density at radius 2 is 1.87 bits per heavy atom. The molecular formula is C19H24F3N3O4S. The minimum atomic E-state index is -0.957. The minimum Gasteiger partial charge on any atom is -0.350 e. The number of aliphatic imine (C=N–C) groups is 1. The average molecular weight is 447 g/mol. The second-order valence-corrected chi connectivity index (χ2v) is 8.80. The number of hydrogen-bond acceptors (Lipinski definition) is 6. The van der Waals surface area contributed by atoms with Crippen molar-refractivity contribution in [3.63, 3.8) is 0 Å². The molecule has 1 aliphatic carbocycles. The number of nitrogens with one attached hydrogen (secondary N) is 1.